The predicted octanol–water partition coefficient (Wildman–Crippen LogP) is 5.51. The van der Waals surface area contributed by atoms with E-state index in [0.717, 1.165) is 8.95 Å². The number of hydrogen-bond donors (Lipinski definition) is 2. The molecular weight excluding hydrogens is 395 g/mol. The standard InChI is InChI=1S/C13H9Br2ClN2O/c14-8-2-1-3-11(5-8)17-13(19)18-12-6-9(15)4-10(16)7-12/h1-7H,(H2,17,18,19). The Kier molecular flexibility index (Phi) is 4.85. The molecule has 0 aromatic heterocycles. The number of anilines is 2. The van der Waals surface area contributed by atoms with Crippen molar-refractivity contribution in [1.82, 2.24) is 0 Å². The Morgan fingerprint density at radius 3 is 2.32 bits per heavy atom. The molecule has 0 bridgehead atoms. The van der Waals surface area contributed by atoms with Gasteiger partial charge in [-0.05, 0) is 36.4 Å². The first kappa shape index (κ1) is 14.4. The number of urea groups is 1. The molecule has 0 aliphatic heterocycles. The monoisotopic (exact) mass is 402 g/mol. The van der Waals surface area contributed by atoms with Crippen LogP contribution in [0.25, 0.3) is 0 Å². The molecule has 0 aliphatic carbocycles. The van der Waals surface area contributed by atoms with Crippen LogP contribution in [0.15, 0.2) is 51.4 Å². The Labute approximate surface area is 132 Å². The molecule has 0 atom stereocenters. The maximum absolute atomic E-state index is 11.8. The van der Waals surface area contributed by atoms with Gasteiger partial charge in [-0.2, -0.15) is 0 Å². The molecule has 0 aliphatic rings. The molecule has 2 aromatic carbocycles. The Bertz CT molecular complexity index is 599. The molecule has 0 saturated heterocycles. The van der Waals surface area contributed by atoms with Gasteiger partial charge in [0.1, 0.15) is 0 Å². The number of amides is 2. The lowest BCUT2D eigenvalue weighted by atomic mass is 10.3. The van der Waals surface area contributed by atoms with Crippen LogP contribution in [-0.2, 0) is 0 Å². The summed E-state index contributed by atoms with van der Waals surface area (Å²) in [5, 5.41) is 5.99. The first-order valence-electron chi connectivity index (χ1n) is 5.32. The van der Waals surface area contributed by atoms with Gasteiger partial charge in [0.2, 0.25) is 0 Å². The molecule has 0 spiro atoms. The molecule has 0 heterocycles. The zero-order valence-corrected chi connectivity index (χ0v) is 13.5. The van der Waals surface area contributed by atoms with Gasteiger partial charge in [0.25, 0.3) is 0 Å². The normalized spacial score (nSPS) is 10.1. The predicted molar refractivity (Wildman–Crippen MR) is 85.9 cm³/mol. The lowest BCUT2D eigenvalue weighted by Gasteiger charge is -2.08. The van der Waals surface area contributed by atoms with Crippen LogP contribution in [-0.4, -0.2) is 6.03 Å². The van der Waals surface area contributed by atoms with E-state index in [1.165, 1.54) is 0 Å². The third-order valence-corrected chi connectivity index (χ3v) is 3.37. The number of hydrogen-bond acceptors (Lipinski definition) is 1. The number of halogens is 3. The van der Waals surface area contributed by atoms with Gasteiger partial charge in [0.05, 0.1) is 0 Å². The van der Waals surface area contributed by atoms with Gasteiger partial charge in [-0.3, -0.25) is 0 Å². The minimum Gasteiger partial charge on any atom is -0.308 e. The van der Waals surface area contributed by atoms with Gasteiger partial charge in [-0.15, -0.1) is 0 Å². The lowest BCUT2D eigenvalue weighted by molar-refractivity contribution is 0.262. The van der Waals surface area contributed by atoms with Gasteiger partial charge in [0.15, 0.2) is 0 Å². The number of benzene rings is 2. The summed E-state index contributed by atoms with van der Waals surface area (Å²) < 4.78 is 1.70. The van der Waals surface area contributed by atoms with E-state index in [1.807, 2.05) is 18.2 Å². The van der Waals surface area contributed by atoms with Crippen molar-refractivity contribution in [3.8, 4) is 0 Å². The molecule has 2 rings (SSSR count). The summed E-state index contributed by atoms with van der Waals surface area (Å²) in [6.45, 7) is 0. The van der Waals surface area contributed by atoms with E-state index in [4.69, 9.17) is 11.6 Å². The first-order valence-corrected chi connectivity index (χ1v) is 7.29. The molecule has 0 unspecified atom stereocenters. The average Bonchev–Trinajstić information content (AvgIpc) is 2.26. The minimum absolute atomic E-state index is 0.327. The fourth-order valence-corrected chi connectivity index (χ4v) is 2.75. The zero-order valence-electron chi connectivity index (χ0n) is 9.58. The molecule has 0 fully saturated rings. The van der Waals surface area contributed by atoms with E-state index >= 15 is 0 Å². The smallest absolute Gasteiger partial charge is 0.308 e. The van der Waals surface area contributed by atoms with E-state index in [1.54, 1.807) is 24.3 Å². The fourth-order valence-electron chi connectivity index (χ4n) is 1.49. The zero-order chi connectivity index (χ0) is 13.8. The maximum Gasteiger partial charge on any atom is 0.323 e. The van der Waals surface area contributed by atoms with Crippen molar-refractivity contribution < 1.29 is 4.79 Å². The topological polar surface area (TPSA) is 41.1 Å². The van der Waals surface area contributed by atoms with Crippen molar-refractivity contribution in [1.29, 1.82) is 0 Å². The lowest BCUT2D eigenvalue weighted by Crippen LogP contribution is -2.19. The van der Waals surface area contributed by atoms with Crippen molar-refractivity contribution in [3.63, 3.8) is 0 Å². The van der Waals surface area contributed by atoms with Gasteiger partial charge < -0.3 is 10.6 Å². The van der Waals surface area contributed by atoms with E-state index in [2.05, 4.69) is 42.5 Å². The number of carbonyl (C=O) groups is 1. The molecule has 0 radical (unpaired) electrons. The van der Waals surface area contributed by atoms with Gasteiger partial charge in [0, 0.05) is 25.3 Å². The molecule has 0 saturated carbocycles. The van der Waals surface area contributed by atoms with Crippen LogP contribution in [0.5, 0.6) is 0 Å². The second kappa shape index (κ2) is 6.41. The Hall–Kier alpha value is -1.04. The highest BCUT2D eigenvalue weighted by molar-refractivity contribution is 9.10. The summed E-state index contributed by atoms with van der Waals surface area (Å²) in [6, 6.07) is 12.2. The molecular formula is C13H9Br2ClN2O. The highest BCUT2D eigenvalue weighted by atomic mass is 79.9. The SMILES string of the molecule is O=C(Nc1cccc(Br)c1)Nc1cc(Cl)cc(Br)c1. The summed E-state index contributed by atoms with van der Waals surface area (Å²) in [5.74, 6) is 0. The van der Waals surface area contributed by atoms with Crippen molar-refractivity contribution >= 4 is 60.9 Å². The fraction of sp³-hybridized carbons (Fsp3) is 0. The molecule has 98 valence electrons. The number of rotatable bonds is 2. The van der Waals surface area contributed by atoms with E-state index in [-0.39, 0.29) is 6.03 Å². The molecule has 19 heavy (non-hydrogen) atoms. The Morgan fingerprint density at radius 2 is 1.63 bits per heavy atom. The molecule has 2 N–H and O–H groups in total. The number of carbonyl (C=O) groups excluding carboxylic acids is 1. The minimum atomic E-state index is -0.327. The first-order chi connectivity index (χ1) is 9.02. The summed E-state index contributed by atoms with van der Waals surface area (Å²) in [7, 11) is 0. The average molecular weight is 404 g/mol. The van der Waals surface area contributed by atoms with Crippen LogP contribution < -0.4 is 10.6 Å². The quantitative estimate of drug-likeness (QED) is 0.681. The Balaban J connectivity index is 2.05. The van der Waals surface area contributed by atoms with Crippen molar-refractivity contribution in [3.05, 3.63) is 56.4 Å². The molecule has 2 amide bonds. The summed E-state index contributed by atoms with van der Waals surface area (Å²) in [5.41, 5.74) is 1.32. The third-order valence-electron chi connectivity index (χ3n) is 2.20. The van der Waals surface area contributed by atoms with Crippen molar-refractivity contribution in [2.45, 2.75) is 0 Å². The van der Waals surface area contributed by atoms with Crippen LogP contribution in [0.4, 0.5) is 16.2 Å². The van der Waals surface area contributed by atoms with Gasteiger partial charge in [-0.25, -0.2) is 4.79 Å². The van der Waals surface area contributed by atoms with Crippen molar-refractivity contribution in [2.75, 3.05) is 10.6 Å². The second-order valence-corrected chi connectivity index (χ2v) is 6.02. The highest BCUT2D eigenvalue weighted by Crippen LogP contribution is 2.23. The van der Waals surface area contributed by atoms with E-state index < -0.39 is 0 Å². The van der Waals surface area contributed by atoms with Crippen LogP contribution in [0.2, 0.25) is 5.02 Å². The summed E-state index contributed by atoms with van der Waals surface area (Å²) in [6.07, 6.45) is 0. The van der Waals surface area contributed by atoms with E-state index in [0.29, 0.717) is 16.4 Å². The van der Waals surface area contributed by atoms with Crippen molar-refractivity contribution in [2.24, 2.45) is 0 Å². The molecule has 2 aromatic rings. The second-order valence-electron chi connectivity index (χ2n) is 3.75. The van der Waals surface area contributed by atoms with Crippen LogP contribution >= 0.6 is 43.5 Å². The third kappa shape index (κ3) is 4.53. The largest absolute Gasteiger partial charge is 0.323 e. The highest BCUT2D eigenvalue weighted by Gasteiger charge is 2.04. The van der Waals surface area contributed by atoms with E-state index in [9.17, 15) is 4.79 Å². The number of nitrogens with one attached hydrogen (secondary N) is 2. The summed E-state index contributed by atoms with van der Waals surface area (Å²) >= 11 is 12.6. The molecule has 6 heteroatoms. The van der Waals surface area contributed by atoms with Crippen LogP contribution in [0.1, 0.15) is 0 Å². The van der Waals surface area contributed by atoms with Gasteiger partial charge >= 0.3 is 6.03 Å². The maximum atomic E-state index is 11.8. The van der Waals surface area contributed by atoms with Gasteiger partial charge in [-0.1, -0.05) is 49.5 Å². The van der Waals surface area contributed by atoms with Crippen LogP contribution in [0.3, 0.4) is 0 Å². The molecule has 3 nitrogen and oxygen atoms in total. The van der Waals surface area contributed by atoms with Crippen LogP contribution in [0, 0.1) is 0 Å². The Morgan fingerprint density at radius 1 is 0.947 bits per heavy atom. The summed E-state index contributed by atoms with van der Waals surface area (Å²) in [4.78, 5) is 11.8.